The van der Waals surface area contributed by atoms with Crippen molar-refractivity contribution in [2.45, 2.75) is 25.3 Å². The van der Waals surface area contributed by atoms with E-state index in [1.165, 1.54) is 12.7 Å². The maximum atomic E-state index is 11.5. The molecule has 0 spiro atoms. The van der Waals surface area contributed by atoms with Crippen LogP contribution in [0.2, 0.25) is 0 Å². The molecule has 0 radical (unpaired) electrons. The van der Waals surface area contributed by atoms with Crippen LogP contribution in [0.15, 0.2) is 18.3 Å². The molecule has 2 rings (SSSR count). The minimum Gasteiger partial charge on any atom is -0.375 e. The number of carbonyl (C=O) groups is 1. The third kappa shape index (κ3) is 2.39. The first-order valence-electron chi connectivity index (χ1n) is 5.53. The lowest BCUT2D eigenvalue weighted by atomic mass is 9.92. The van der Waals surface area contributed by atoms with Crippen molar-refractivity contribution in [2.75, 3.05) is 13.7 Å². The van der Waals surface area contributed by atoms with Gasteiger partial charge in [0.25, 0.3) is 0 Å². The van der Waals surface area contributed by atoms with Crippen LogP contribution in [0.1, 0.15) is 30.1 Å². The molecule has 1 N–H and O–H groups in total. The molecule has 1 amide bonds. The number of hydrogen-bond donors (Lipinski definition) is 1. The molecule has 0 fully saturated rings. The van der Waals surface area contributed by atoms with E-state index in [9.17, 15) is 4.79 Å². The number of rotatable bonds is 3. The zero-order valence-corrected chi connectivity index (χ0v) is 9.40. The highest BCUT2D eigenvalue weighted by Crippen LogP contribution is 2.27. The number of hydrogen-bond acceptors (Lipinski definition) is 3. The number of amides is 1. The molecule has 1 aliphatic carbocycles. The van der Waals surface area contributed by atoms with Crippen molar-refractivity contribution in [1.29, 1.82) is 0 Å². The summed E-state index contributed by atoms with van der Waals surface area (Å²) in [5.74, 6) is -0.0778. The predicted octanol–water partition coefficient (Wildman–Crippen LogP) is 1.22. The third-order valence-electron chi connectivity index (χ3n) is 2.81. The molecular weight excluding hydrogens is 204 g/mol. The summed E-state index contributed by atoms with van der Waals surface area (Å²) in [6, 6.07) is 4.07. The van der Waals surface area contributed by atoms with Gasteiger partial charge in [0.05, 0.1) is 11.7 Å². The summed E-state index contributed by atoms with van der Waals surface area (Å²) in [6.07, 6.45) is 4.88. The maximum Gasteiger partial charge on any atom is 0.246 e. The Morgan fingerprint density at radius 3 is 3.38 bits per heavy atom. The van der Waals surface area contributed by atoms with E-state index in [-0.39, 0.29) is 18.6 Å². The molecular formula is C12H16N2O2. The Morgan fingerprint density at radius 2 is 2.56 bits per heavy atom. The first-order valence-corrected chi connectivity index (χ1v) is 5.53. The van der Waals surface area contributed by atoms with E-state index < -0.39 is 0 Å². The molecule has 86 valence electrons. The molecule has 1 heterocycles. The summed E-state index contributed by atoms with van der Waals surface area (Å²) in [6.45, 7) is 0.110. The summed E-state index contributed by atoms with van der Waals surface area (Å²) in [5.41, 5.74) is 2.26. The highest BCUT2D eigenvalue weighted by Gasteiger charge is 2.22. The lowest BCUT2D eigenvalue weighted by molar-refractivity contribution is -0.125. The number of methoxy groups -OCH3 is 1. The van der Waals surface area contributed by atoms with Gasteiger partial charge in [-0.05, 0) is 30.9 Å². The van der Waals surface area contributed by atoms with Crippen molar-refractivity contribution < 1.29 is 9.53 Å². The lowest BCUT2D eigenvalue weighted by Gasteiger charge is -2.24. The number of aromatic nitrogens is 1. The van der Waals surface area contributed by atoms with Crippen LogP contribution in [-0.2, 0) is 16.0 Å². The second-order valence-corrected chi connectivity index (χ2v) is 3.99. The second kappa shape index (κ2) is 5.07. The summed E-state index contributed by atoms with van der Waals surface area (Å²) >= 11 is 0. The number of nitrogens with one attached hydrogen (secondary N) is 1. The molecule has 1 atom stereocenters. The smallest absolute Gasteiger partial charge is 0.246 e. The van der Waals surface area contributed by atoms with E-state index in [1.54, 1.807) is 6.20 Å². The van der Waals surface area contributed by atoms with Gasteiger partial charge in [-0.15, -0.1) is 0 Å². The van der Waals surface area contributed by atoms with Crippen molar-refractivity contribution in [2.24, 2.45) is 0 Å². The van der Waals surface area contributed by atoms with E-state index in [0.717, 1.165) is 25.0 Å². The van der Waals surface area contributed by atoms with Gasteiger partial charge in [0, 0.05) is 13.3 Å². The molecule has 1 aliphatic rings. The van der Waals surface area contributed by atoms with Gasteiger partial charge >= 0.3 is 0 Å². The van der Waals surface area contributed by atoms with Crippen LogP contribution in [0, 0.1) is 0 Å². The third-order valence-corrected chi connectivity index (χ3v) is 2.81. The topological polar surface area (TPSA) is 51.2 Å². The monoisotopic (exact) mass is 220 g/mol. The van der Waals surface area contributed by atoms with Gasteiger partial charge in [-0.1, -0.05) is 6.07 Å². The summed E-state index contributed by atoms with van der Waals surface area (Å²) in [4.78, 5) is 15.8. The van der Waals surface area contributed by atoms with Crippen LogP contribution in [0.3, 0.4) is 0 Å². The van der Waals surface area contributed by atoms with Gasteiger partial charge in [-0.25, -0.2) is 0 Å². The van der Waals surface area contributed by atoms with E-state index in [4.69, 9.17) is 4.74 Å². The summed E-state index contributed by atoms with van der Waals surface area (Å²) in [7, 11) is 1.52. The fourth-order valence-corrected chi connectivity index (χ4v) is 2.12. The minimum absolute atomic E-state index is 0.0487. The molecule has 0 unspecified atom stereocenters. The largest absolute Gasteiger partial charge is 0.375 e. The zero-order chi connectivity index (χ0) is 11.4. The Hall–Kier alpha value is -1.42. The average molecular weight is 220 g/mol. The Bertz CT molecular complexity index is 379. The average Bonchev–Trinajstić information content (AvgIpc) is 2.30. The molecule has 16 heavy (non-hydrogen) atoms. The second-order valence-electron chi connectivity index (χ2n) is 3.99. The first kappa shape index (κ1) is 11.1. The number of pyridine rings is 1. The highest BCUT2D eigenvalue weighted by molar-refractivity contribution is 5.77. The van der Waals surface area contributed by atoms with Gasteiger partial charge in [0.15, 0.2) is 0 Å². The Labute approximate surface area is 95.0 Å². The van der Waals surface area contributed by atoms with Crippen molar-refractivity contribution in [3.8, 4) is 0 Å². The van der Waals surface area contributed by atoms with Gasteiger partial charge in [0.1, 0.15) is 6.61 Å². The predicted molar refractivity (Wildman–Crippen MR) is 59.9 cm³/mol. The number of fused-ring (bicyclic) bond motifs is 1. The molecule has 1 aromatic rings. The Balaban J connectivity index is 2.10. The Kier molecular flexibility index (Phi) is 3.51. The molecule has 0 aliphatic heterocycles. The summed E-state index contributed by atoms with van der Waals surface area (Å²) < 4.78 is 4.80. The van der Waals surface area contributed by atoms with Gasteiger partial charge < -0.3 is 10.1 Å². The van der Waals surface area contributed by atoms with Crippen LogP contribution >= 0.6 is 0 Å². The van der Waals surface area contributed by atoms with Crippen LogP contribution in [-0.4, -0.2) is 24.6 Å². The molecule has 4 heteroatoms. The zero-order valence-electron chi connectivity index (χ0n) is 9.40. The van der Waals surface area contributed by atoms with Crippen molar-refractivity contribution in [3.05, 3.63) is 29.6 Å². The molecule has 1 aromatic heterocycles. The van der Waals surface area contributed by atoms with Gasteiger partial charge in [0.2, 0.25) is 5.91 Å². The van der Waals surface area contributed by atoms with Crippen molar-refractivity contribution in [3.63, 3.8) is 0 Å². The normalized spacial score (nSPS) is 18.9. The first-order chi connectivity index (χ1) is 7.81. The van der Waals surface area contributed by atoms with Crippen LogP contribution in [0.5, 0.6) is 0 Å². The molecule has 0 bridgehead atoms. The lowest BCUT2D eigenvalue weighted by Crippen LogP contribution is -2.33. The molecule has 0 saturated heterocycles. The number of carbonyl (C=O) groups excluding carboxylic acids is 1. The van der Waals surface area contributed by atoms with Gasteiger partial charge in [-0.3, -0.25) is 9.78 Å². The highest BCUT2D eigenvalue weighted by atomic mass is 16.5. The maximum absolute atomic E-state index is 11.5. The number of aryl methyl sites for hydroxylation is 1. The summed E-state index contributed by atoms with van der Waals surface area (Å²) in [5, 5.41) is 2.95. The Morgan fingerprint density at radius 1 is 1.69 bits per heavy atom. The van der Waals surface area contributed by atoms with Crippen LogP contribution in [0.4, 0.5) is 0 Å². The SMILES string of the molecule is COCC(=O)N[C@@H]1CCCc2cccnc21. The standard InChI is InChI=1S/C12H16N2O2/c1-16-8-11(15)14-10-6-2-4-9-5-3-7-13-12(9)10/h3,5,7,10H,2,4,6,8H2,1H3,(H,14,15)/t10-/m1/s1. The fraction of sp³-hybridized carbons (Fsp3) is 0.500. The number of ether oxygens (including phenoxy) is 1. The molecule has 4 nitrogen and oxygen atoms in total. The van der Waals surface area contributed by atoms with Crippen LogP contribution < -0.4 is 5.32 Å². The molecule has 0 saturated carbocycles. The quantitative estimate of drug-likeness (QED) is 0.833. The van der Waals surface area contributed by atoms with E-state index >= 15 is 0 Å². The fourth-order valence-electron chi connectivity index (χ4n) is 2.12. The number of nitrogens with zero attached hydrogens (tertiary/aromatic N) is 1. The minimum atomic E-state index is -0.0778. The molecule has 0 aromatic carbocycles. The van der Waals surface area contributed by atoms with Crippen LogP contribution in [0.25, 0.3) is 0 Å². The van der Waals surface area contributed by atoms with Crippen molar-refractivity contribution >= 4 is 5.91 Å². The van der Waals surface area contributed by atoms with Gasteiger partial charge in [-0.2, -0.15) is 0 Å². The van der Waals surface area contributed by atoms with E-state index in [1.807, 2.05) is 6.07 Å². The van der Waals surface area contributed by atoms with E-state index in [2.05, 4.69) is 16.4 Å². The van der Waals surface area contributed by atoms with E-state index in [0.29, 0.717) is 0 Å². The van der Waals surface area contributed by atoms with Crippen molar-refractivity contribution in [1.82, 2.24) is 10.3 Å².